The van der Waals surface area contributed by atoms with Crippen molar-refractivity contribution in [2.24, 2.45) is 0 Å². The Labute approximate surface area is 162 Å². The SMILES string of the molecule is O=CCc1ccc(-c2ncc(-c3c(-c4ccccc4)noc3C3CC3)[nH]2)cc1. The molecule has 0 radical (unpaired) electrons. The first-order valence-electron chi connectivity index (χ1n) is 9.47. The summed E-state index contributed by atoms with van der Waals surface area (Å²) in [6.07, 6.45) is 5.46. The molecule has 2 heterocycles. The number of aromatic nitrogens is 3. The summed E-state index contributed by atoms with van der Waals surface area (Å²) in [5.41, 5.74) is 5.76. The lowest BCUT2D eigenvalue weighted by Gasteiger charge is -2.02. The van der Waals surface area contributed by atoms with Crippen molar-refractivity contribution < 1.29 is 9.32 Å². The summed E-state index contributed by atoms with van der Waals surface area (Å²) in [5.74, 6) is 2.17. The van der Waals surface area contributed by atoms with Crippen LogP contribution in [-0.2, 0) is 11.2 Å². The molecule has 5 rings (SSSR count). The predicted octanol–water partition coefficient (Wildman–Crippen LogP) is 5.02. The van der Waals surface area contributed by atoms with Crippen LogP contribution in [0.15, 0.2) is 65.3 Å². The molecule has 2 aromatic heterocycles. The summed E-state index contributed by atoms with van der Waals surface area (Å²) in [7, 11) is 0. The molecule has 0 amide bonds. The number of hydrogen-bond donors (Lipinski definition) is 1. The molecule has 28 heavy (non-hydrogen) atoms. The van der Waals surface area contributed by atoms with Gasteiger partial charge in [-0.1, -0.05) is 59.8 Å². The number of aldehydes is 1. The van der Waals surface area contributed by atoms with E-state index in [1.807, 2.05) is 60.8 Å². The van der Waals surface area contributed by atoms with Gasteiger partial charge in [0.05, 0.1) is 17.5 Å². The van der Waals surface area contributed by atoms with Gasteiger partial charge in [0.15, 0.2) is 0 Å². The largest absolute Gasteiger partial charge is 0.360 e. The molecular weight excluding hydrogens is 350 g/mol. The Balaban J connectivity index is 1.55. The van der Waals surface area contributed by atoms with E-state index >= 15 is 0 Å². The molecule has 1 fully saturated rings. The maximum Gasteiger partial charge on any atom is 0.149 e. The molecule has 138 valence electrons. The number of carbonyl (C=O) groups excluding carboxylic acids is 1. The van der Waals surface area contributed by atoms with Crippen LogP contribution >= 0.6 is 0 Å². The minimum Gasteiger partial charge on any atom is -0.360 e. The lowest BCUT2D eigenvalue weighted by atomic mass is 10.0. The molecule has 0 spiro atoms. The Morgan fingerprint density at radius 2 is 1.82 bits per heavy atom. The van der Waals surface area contributed by atoms with Gasteiger partial charge in [-0.15, -0.1) is 0 Å². The highest BCUT2D eigenvalue weighted by atomic mass is 16.5. The van der Waals surface area contributed by atoms with E-state index < -0.39 is 0 Å². The molecule has 0 saturated heterocycles. The molecule has 1 aliphatic rings. The highest BCUT2D eigenvalue weighted by molar-refractivity contribution is 5.81. The minimum atomic E-state index is 0.426. The quantitative estimate of drug-likeness (QED) is 0.485. The molecule has 4 aromatic rings. The minimum absolute atomic E-state index is 0.426. The second-order valence-electron chi connectivity index (χ2n) is 7.12. The zero-order valence-electron chi connectivity index (χ0n) is 15.3. The van der Waals surface area contributed by atoms with Gasteiger partial charge < -0.3 is 14.3 Å². The number of nitrogens with zero attached hydrogens (tertiary/aromatic N) is 2. The fourth-order valence-corrected chi connectivity index (χ4v) is 3.47. The van der Waals surface area contributed by atoms with Crippen LogP contribution in [-0.4, -0.2) is 21.4 Å². The molecule has 2 aromatic carbocycles. The average molecular weight is 369 g/mol. The van der Waals surface area contributed by atoms with Gasteiger partial charge in [-0.25, -0.2) is 4.98 Å². The lowest BCUT2D eigenvalue weighted by Crippen LogP contribution is -1.88. The van der Waals surface area contributed by atoms with E-state index in [0.717, 1.165) is 64.4 Å². The van der Waals surface area contributed by atoms with Crippen LogP contribution in [0.1, 0.15) is 30.1 Å². The number of rotatable bonds is 6. The van der Waals surface area contributed by atoms with E-state index in [0.29, 0.717) is 12.3 Å². The molecule has 1 aliphatic carbocycles. The average Bonchev–Trinajstić information content (AvgIpc) is 3.30. The van der Waals surface area contributed by atoms with E-state index in [2.05, 4.69) is 15.1 Å². The van der Waals surface area contributed by atoms with Crippen LogP contribution in [0.3, 0.4) is 0 Å². The van der Waals surface area contributed by atoms with Crippen LogP contribution in [0.4, 0.5) is 0 Å². The summed E-state index contributed by atoms with van der Waals surface area (Å²) in [4.78, 5) is 18.7. The van der Waals surface area contributed by atoms with Gasteiger partial charge in [-0.2, -0.15) is 0 Å². The second kappa shape index (κ2) is 6.93. The number of nitrogens with one attached hydrogen (secondary N) is 1. The first-order chi connectivity index (χ1) is 13.8. The maximum atomic E-state index is 10.7. The van der Waals surface area contributed by atoms with Gasteiger partial charge in [0.25, 0.3) is 0 Å². The van der Waals surface area contributed by atoms with Crippen molar-refractivity contribution in [2.45, 2.75) is 25.2 Å². The van der Waals surface area contributed by atoms with Crippen molar-refractivity contribution in [1.82, 2.24) is 15.1 Å². The Hall–Kier alpha value is -3.47. The maximum absolute atomic E-state index is 10.7. The molecule has 1 N–H and O–H groups in total. The number of H-pyrrole nitrogens is 1. The number of benzene rings is 2. The summed E-state index contributed by atoms with van der Waals surface area (Å²) < 4.78 is 5.76. The van der Waals surface area contributed by atoms with Crippen molar-refractivity contribution in [3.63, 3.8) is 0 Å². The van der Waals surface area contributed by atoms with Crippen molar-refractivity contribution >= 4 is 6.29 Å². The van der Waals surface area contributed by atoms with Gasteiger partial charge in [-0.05, 0) is 18.4 Å². The van der Waals surface area contributed by atoms with Crippen molar-refractivity contribution in [2.75, 3.05) is 0 Å². The third-order valence-corrected chi connectivity index (χ3v) is 5.11. The van der Waals surface area contributed by atoms with Crippen LogP contribution in [0.25, 0.3) is 33.9 Å². The zero-order chi connectivity index (χ0) is 18.9. The third kappa shape index (κ3) is 3.05. The smallest absolute Gasteiger partial charge is 0.149 e. The molecule has 5 nitrogen and oxygen atoms in total. The molecule has 0 atom stereocenters. The number of imidazole rings is 1. The third-order valence-electron chi connectivity index (χ3n) is 5.11. The van der Waals surface area contributed by atoms with E-state index in [1.54, 1.807) is 0 Å². The highest BCUT2D eigenvalue weighted by Crippen LogP contribution is 2.47. The number of hydrogen-bond acceptors (Lipinski definition) is 4. The molecule has 0 bridgehead atoms. The Kier molecular flexibility index (Phi) is 4.13. The van der Waals surface area contributed by atoms with Crippen molar-refractivity contribution in [3.05, 3.63) is 72.1 Å². The first-order valence-corrected chi connectivity index (χ1v) is 9.47. The fraction of sp³-hybridized carbons (Fsp3) is 0.174. The molecule has 5 heteroatoms. The molecular formula is C23H19N3O2. The highest BCUT2D eigenvalue weighted by Gasteiger charge is 2.33. The van der Waals surface area contributed by atoms with E-state index in [1.165, 1.54) is 0 Å². The summed E-state index contributed by atoms with van der Waals surface area (Å²) >= 11 is 0. The monoisotopic (exact) mass is 369 g/mol. The van der Waals surface area contributed by atoms with Gasteiger partial charge >= 0.3 is 0 Å². The first kappa shape index (κ1) is 16.7. The standard InChI is InChI=1S/C23H19N3O2/c27-13-12-15-6-8-18(9-7-15)23-24-14-19(25-23)20-21(16-4-2-1-3-5-16)26-28-22(20)17-10-11-17/h1-9,13-14,17H,10-12H2,(H,24,25). The van der Waals surface area contributed by atoms with Gasteiger partial charge in [0.1, 0.15) is 23.6 Å². The van der Waals surface area contributed by atoms with Crippen LogP contribution in [0.2, 0.25) is 0 Å². The molecule has 0 unspecified atom stereocenters. The van der Waals surface area contributed by atoms with E-state index in [-0.39, 0.29) is 0 Å². The van der Waals surface area contributed by atoms with E-state index in [9.17, 15) is 4.79 Å². The van der Waals surface area contributed by atoms with Gasteiger partial charge in [0.2, 0.25) is 0 Å². The van der Waals surface area contributed by atoms with Gasteiger partial charge in [-0.3, -0.25) is 0 Å². The number of aromatic amines is 1. The Bertz CT molecular complexity index is 1110. The normalized spacial score (nSPS) is 13.6. The molecule has 0 aliphatic heterocycles. The topological polar surface area (TPSA) is 71.8 Å². The van der Waals surface area contributed by atoms with Crippen molar-refractivity contribution in [3.8, 4) is 33.9 Å². The van der Waals surface area contributed by atoms with Crippen LogP contribution < -0.4 is 0 Å². The van der Waals surface area contributed by atoms with Crippen LogP contribution in [0.5, 0.6) is 0 Å². The predicted molar refractivity (Wildman–Crippen MR) is 107 cm³/mol. The van der Waals surface area contributed by atoms with Gasteiger partial charge in [0, 0.05) is 23.5 Å². The summed E-state index contributed by atoms with van der Waals surface area (Å²) in [6, 6.07) is 18.0. The summed E-state index contributed by atoms with van der Waals surface area (Å²) in [6.45, 7) is 0. The Morgan fingerprint density at radius 1 is 1.04 bits per heavy atom. The van der Waals surface area contributed by atoms with E-state index in [4.69, 9.17) is 4.52 Å². The second-order valence-corrected chi connectivity index (χ2v) is 7.12. The summed E-state index contributed by atoms with van der Waals surface area (Å²) in [5, 5.41) is 4.38. The zero-order valence-corrected chi connectivity index (χ0v) is 15.3. The molecule has 1 saturated carbocycles. The number of carbonyl (C=O) groups is 1. The Morgan fingerprint density at radius 3 is 2.54 bits per heavy atom. The lowest BCUT2D eigenvalue weighted by molar-refractivity contribution is -0.107. The fourth-order valence-electron chi connectivity index (χ4n) is 3.47. The van der Waals surface area contributed by atoms with Crippen LogP contribution in [0, 0.1) is 0 Å². The van der Waals surface area contributed by atoms with Crippen molar-refractivity contribution in [1.29, 1.82) is 0 Å².